The lowest BCUT2D eigenvalue weighted by molar-refractivity contribution is 0.0978. The van der Waals surface area contributed by atoms with E-state index in [1.807, 2.05) is 32.0 Å². The molecule has 2 aromatic rings. The first-order valence-electron chi connectivity index (χ1n) is 8.08. The van der Waals surface area contributed by atoms with E-state index in [0.29, 0.717) is 12.2 Å². The van der Waals surface area contributed by atoms with Crippen LogP contribution in [0.5, 0.6) is 5.75 Å². The van der Waals surface area contributed by atoms with Gasteiger partial charge in [-0.3, -0.25) is 4.79 Å². The van der Waals surface area contributed by atoms with E-state index in [0.717, 1.165) is 24.0 Å². The third-order valence-electron chi connectivity index (χ3n) is 3.90. The summed E-state index contributed by atoms with van der Waals surface area (Å²) in [5.41, 5.74) is 4.56. The lowest BCUT2D eigenvalue weighted by Crippen LogP contribution is -2.04. The number of Topliss-reactive ketones (excluding diaryl/α,β-unsaturated/α-hetero) is 1. The molecule has 0 radical (unpaired) electrons. The van der Waals surface area contributed by atoms with Gasteiger partial charge in [-0.05, 0) is 42.5 Å². The molecule has 0 fully saturated rings. The molecule has 0 unspecified atom stereocenters. The molecule has 0 amide bonds. The first-order chi connectivity index (χ1) is 11.2. The third-order valence-corrected chi connectivity index (χ3v) is 3.90. The number of aryl methyl sites for hydroxylation is 1. The van der Waals surface area contributed by atoms with Crippen LogP contribution in [0.25, 0.3) is 6.08 Å². The number of methoxy groups -OCH3 is 1. The number of hydrogen-bond donors (Lipinski definition) is 0. The molecular weight excluding hydrogens is 284 g/mol. The first kappa shape index (κ1) is 17.0. The van der Waals surface area contributed by atoms with Crippen LogP contribution in [0.1, 0.15) is 46.8 Å². The molecule has 23 heavy (non-hydrogen) atoms. The van der Waals surface area contributed by atoms with Crippen LogP contribution in [0, 0.1) is 6.92 Å². The predicted octanol–water partition coefficient (Wildman–Crippen LogP) is 5.24. The van der Waals surface area contributed by atoms with E-state index in [4.69, 9.17) is 4.74 Å². The Morgan fingerprint density at radius 3 is 2.61 bits per heavy atom. The number of carbonyl (C=O) groups excluding carboxylic acids is 1. The predicted molar refractivity (Wildman–Crippen MR) is 96.1 cm³/mol. The summed E-state index contributed by atoms with van der Waals surface area (Å²) in [5.74, 6) is 0.853. The molecule has 0 atom stereocenters. The van der Waals surface area contributed by atoms with Gasteiger partial charge >= 0.3 is 0 Å². The molecule has 0 aromatic heterocycles. The van der Waals surface area contributed by atoms with Crippen LogP contribution >= 0.6 is 0 Å². The van der Waals surface area contributed by atoms with Crippen molar-refractivity contribution in [3.8, 4) is 5.75 Å². The maximum absolute atomic E-state index is 11.8. The molecule has 2 aromatic carbocycles. The molecule has 0 N–H and O–H groups in total. The van der Waals surface area contributed by atoms with Crippen LogP contribution in [0.4, 0.5) is 0 Å². The van der Waals surface area contributed by atoms with Gasteiger partial charge in [0.2, 0.25) is 0 Å². The average molecular weight is 308 g/mol. The highest BCUT2D eigenvalue weighted by Crippen LogP contribution is 2.23. The lowest BCUT2D eigenvalue weighted by Gasteiger charge is -2.09. The van der Waals surface area contributed by atoms with Crippen molar-refractivity contribution < 1.29 is 9.53 Å². The number of ketones is 1. The Morgan fingerprint density at radius 2 is 1.91 bits per heavy atom. The molecule has 120 valence electrons. The van der Waals surface area contributed by atoms with Crippen LogP contribution in [0.2, 0.25) is 0 Å². The Bertz CT molecular complexity index is 699. The van der Waals surface area contributed by atoms with E-state index >= 15 is 0 Å². The Kier molecular flexibility index (Phi) is 6.16. The van der Waals surface area contributed by atoms with E-state index in [1.165, 1.54) is 11.1 Å². The zero-order valence-electron chi connectivity index (χ0n) is 14.1. The highest BCUT2D eigenvalue weighted by Gasteiger charge is 2.13. The van der Waals surface area contributed by atoms with Crippen LogP contribution in [0.15, 0.2) is 48.5 Å². The Balaban J connectivity index is 0.000000182. The summed E-state index contributed by atoms with van der Waals surface area (Å²) in [6.07, 6.45) is 6.95. The average Bonchev–Trinajstić information content (AvgIpc) is 3.04. The van der Waals surface area contributed by atoms with E-state index in [9.17, 15) is 4.79 Å². The van der Waals surface area contributed by atoms with Crippen LogP contribution in [-0.2, 0) is 6.42 Å². The van der Waals surface area contributed by atoms with Crippen molar-refractivity contribution in [3.05, 3.63) is 70.8 Å². The minimum Gasteiger partial charge on any atom is -0.496 e. The highest BCUT2D eigenvalue weighted by atomic mass is 16.5. The Hall–Kier alpha value is -2.35. The van der Waals surface area contributed by atoms with E-state index in [1.54, 1.807) is 7.11 Å². The monoisotopic (exact) mass is 308 g/mol. The van der Waals surface area contributed by atoms with Gasteiger partial charge in [0, 0.05) is 6.42 Å². The largest absolute Gasteiger partial charge is 0.496 e. The minimum absolute atomic E-state index is 0.169. The van der Waals surface area contributed by atoms with Crippen molar-refractivity contribution in [2.75, 3.05) is 7.11 Å². The number of fused-ring (bicyclic) bond motifs is 1. The van der Waals surface area contributed by atoms with Crippen LogP contribution in [-0.4, -0.2) is 12.9 Å². The van der Waals surface area contributed by atoms with Gasteiger partial charge in [0.15, 0.2) is 5.78 Å². The molecule has 2 nitrogen and oxygen atoms in total. The van der Waals surface area contributed by atoms with Crippen molar-refractivity contribution in [1.29, 1.82) is 0 Å². The van der Waals surface area contributed by atoms with Gasteiger partial charge < -0.3 is 4.74 Å². The second-order valence-electron chi connectivity index (χ2n) is 5.63. The smallest absolute Gasteiger partial charge is 0.166 e. The van der Waals surface area contributed by atoms with Crippen molar-refractivity contribution in [2.24, 2.45) is 0 Å². The van der Waals surface area contributed by atoms with Crippen molar-refractivity contribution in [2.45, 2.75) is 33.1 Å². The van der Waals surface area contributed by atoms with Gasteiger partial charge in [0.05, 0.1) is 12.7 Å². The lowest BCUT2D eigenvalue weighted by atomic mass is 10.0. The summed E-state index contributed by atoms with van der Waals surface area (Å²) < 4.78 is 5.17. The Labute approximate surface area is 138 Å². The second kappa shape index (κ2) is 8.33. The van der Waals surface area contributed by atoms with Crippen molar-refractivity contribution >= 4 is 11.9 Å². The molecule has 0 saturated heterocycles. The summed E-state index contributed by atoms with van der Waals surface area (Å²) in [6.45, 7) is 3.94. The molecular formula is C21H24O2. The third kappa shape index (κ3) is 4.32. The summed E-state index contributed by atoms with van der Waals surface area (Å²) in [5, 5.41) is 0. The number of ether oxygens (including phenoxy) is 1. The molecule has 1 aliphatic rings. The van der Waals surface area contributed by atoms with Gasteiger partial charge in [0.1, 0.15) is 5.75 Å². The number of hydrogen-bond acceptors (Lipinski definition) is 2. The fourth-order valence-electron chi connectivity index (χ4n) is 2.72. The Morgan fingerprint density at radius 1 is 1.13 bits per heavy atom. The van der Waals surface area contributed by atoms with Gasteiger partial charge in [-0.1, -0.05) is 55.5 Å². The second-order valence-corrected chi connectivity index (χ2v) is 5.63. The molecule has 2 heteroatoms. The quantitative estimate of drug-likeness (QED) is 0.722. The summed E-state index contributed by atoms with van der Waals surface area (Å²) in [6, 6.07) is 14.2. The van der Waals surface area contributed by atoms with Crippen molar-refractivity contribution in [1.82, 2.24) is 0 Å². The van der Waals surface area contributed by atoms with Gasteiger partial charge in [0.25, 0.3) is 0 Å². The molecule has 0 spiro atoms. The van der Waals surface area contributed by atoms with Crippen molar-refractivity contribution in [3.63, 3.8) is 0 Å². The molecule has 0 bridgehead atoms. The fraction of sp³-hybridized carbons (Fsp3) is 0.286. The zero-order chi connectivity index (χ0) is 16.7. The summed E-state index contributed by atoms with van der Waals surface area (Å²) >= 11 is 0. The van der Waals surface area contributed by atoms with Gasteiger partial charge in [-0.15, -0.1) is 0 Å². The number of carbonyl (C=O) groups is 1. The highest BCUT2D eigenvalue weighted by molar-refractivity contribution is 6.00. The molecule has 0 heterocycles. The fourth-order valence-corrected chi connectivity index (χ4v) is 2.72. The maximum atomic E-state index is 11.8. The topological polar surface area (TPSA) is 26.3 Å². The molecule has 1 aliphatic carbocycles. The zero-order valence-corrected chi connectivity index (χ0v) is 14.1. The molecule has 0 aliphatic heterocycles. The van der Waals surface area contributed by atoms with E-state index < -0.39 is 0 Å². The van der Waals surface area contributed by atoms with Gasteiger partial charge in [-0.2, -0.15) is 0 Å². The molecule has 3 rings (SSSR count). The summed E-state index contributed by atoms with van der Waals surface area (Å²) in [7, 11) is 1.59. The minimum atomic E-state index is 0.169. The number of rotatable bonds is 4. The molecule has 0 saturated carbocycles. The van der Waals surface area contributed by atoms with E-state index in [-0.39, 0.29) is 5.78 Å². The standard InChI is InChI=1S/C12H16O2.C9H8/c1-4-6-10(13)12-9(2)7-5-8-11(12)14-3;1-2-5-9-7-3-6-8(9)4-1/h5,7-8H,4,6H2,1-3H3;1-6H,7H2. The van der Waals surface area contributed by atoms with Crippen LogP contribution in [0.3, 0.4) is 0 Å². The van der Waals surface area contributed by atoms with Gasteiger partial charge in [-0.25, -0.2) is 0 Å². The number of benzene rings is 2. The maximum Gasteiger partial charge on any atom is 0.166 e. The SMILES string of the molecule is C1=Cc2ccccc2C1.CCCC(=O)c1c(C)cccc1OC. The first-order valence-corrected chi connectivity index (χ1v) is 8.08. The van der Waals surface area contributed by atoms with E-state index in [2.05, 4.69) is 36.4 Å². The summed E-state index contributed by atoms with van der Waals surface area (Å²) in [4.78, 5) is 11.8. The van der Waals surface area contributed by atoms with Crippen LogP contribution < -0.4 is 4.74 Å². The number of allylic oxidation sites excluding steroid dienone is 1. The normalized spacial score (nSPS) is 11.4.